The third-order valence-corrected chi connectivity index (χ3v) is 4.30. The quantitative estimate of drug-likeness (QED) is 0.697. The van der Waals surface area contributed by atoms with Gasteiger partial charge in [0.15, 0.2) is 0 Å². The van der Waals surface area contributed by atoms with Gasteiger partial charge in [0.25, 0.3) is 0 Å². The van der Waals surface area contributed by atoms with Gasteiger partial charge in [-0.3, -0.25) is 4.79 Å². The zero-order chi connectivity index (χ0) is 18.1. The van der Waals surface area contributed by atoms with E-state index in [0.29, 0.717) is 6.42 Å². The van der Waals surface area contributed by atoms with E-state index in [2.05, 4.69) is 5.32 Å². The second kappa shape index (κ2) is 10.2. The molecule has 0 saturated heterocycles. The summed E-state index contributed by atoms with van der Waals surface area (Å²) in [5.74, 6) is -0.383. The van der Waals surface area contributed by atoms with E-state index >= 15 is 0 Å². The topological polar surface area (TPSA) is 64.6 Å². The average Bonchev–Trinajstić information content (AvgIpc) is 3.11. The fourth-order valence-electron chi connectivity index (χ4n) is 3.00. The first-order chi connectivity index (χ1) is 12.0. The highest BCUT2D eigenvalue weighted by molar-refractivity contribution is 5.85. The van der Waals surface area contributed by atoms with E-state index in [1.165, 1.54) is 0 Å². The van der Waals surface area contributed by atoms with Gasteiger partial charge in [-0.1, -0.05) is 57.0 Å². The number of amides is 1. The molecule has 0 aromatic heterocycles. The van der Waals surface area contributed by atoms with Gasteiger partial charge in [0.05, 0.1) is 6.10 Å². The first-order valence-corrected chi connectivity index (χ1v) is 9.16. The maximum atomic E-state index is 12.4. The predicted octanol–water partition coefficient (Wildman–Crippen LogP) is 3.22. The number of ether oxygens (including phenoxy) is 2. The molecule has 1 aliphatic carbocycles. The molecule has 0 radical (unpaired) electrons. The summed E-state index contributed by atoms with van der Waals surface area (Å²) in [6, 6.07) is 8.88. The van der Waals surface area contributed by atoms with Crippen molar-refractivity contribution in [3.8, 4) is 0 Å². The van der Waals surface area contributed by atoms with Crippen molar-refractivity contribution < 1.29 is 19.1 Å². The Kier molecular flexibility index (Phi) is 7.92. The van der Waals surface area contributed by atoms with Crippen LogP contribution in [0.2, 0.25) is 0 Å². The standard InChI is InChI=1S/C20H29NO4/c1-15(2)12-18(20(23)25-13-16-8-4-3-5-9-16)21-19(22)14-24-17-10-6-7-11-17/h3-5,8-9,15,17-18H,6-7,10-14H2,1-2H3,(H,21,22)/t18-/m0/s1. The van der Waals surface area contributed by atoms with Crippen LogP contribution >= 0.6 is 0 Å². The highest BCUT2D eigenvalue weighted by atomic mass is 16.5. The molecule has 0 spiro atoms. The van der Waals surface area contributed by atoms with Crippen LogP contribution < -0.4 is 5.32 Å². The number of hydrogen-bond donors (Lipinski definition) is 1. The molecule has 1 amide bonds. The maximum absolute atomic E-state index is 12.4. The third kappa shape index (κ3) is 7.26. The van der Waals surface area contributed by atoms with Crippen molar-refractivity contribution in [2.75, 3.05) is 6.61 Å². The molecule has 0 unspecified atom stereocenters. The summed E-state index contributed by atoms with van der Waals surface area (Å²) in [4.78, 5) is 24.5. The Morgan fingerprint density at radius 1 is 1.16 bits per heavy atom. The van der Waals surface area contributed by atoms with Gasteiger partial charge < -0.3 is 14.8 Å². The average molecular weight is 347 g/mol. The first kappa shape index (κ1) is 19.4. The summed E-state index contributed by atoms with van der Waals surface area (Å²) >= 11 is 0. The van der Waals surface area contributed by atoms with Gasteiger partial charge in [-0.05, 0) is 30.7 Å². The van der Waals surface area contributed by atoms with E-state index in [1.807, 2.05) is 44.2 Å². The molecule has 1 N–H and O–H groups in total. The fourth-order valence-corrected chi connectivity index (χ4v) is 3.00. The molecular weight excluding hydrogens is 318 g/mol. The van der Waals surface area contributed by atoms with Crippen molar-refractivity contribution in [3.05, 3.63) is 35.9 Å². The minimum absolute atomic E-state index is 0.00519. The molecule has 0 bridgehead atoms. The molecule has 2 rings (SSSR count). The molecule has 5 heteroatoms. The minimum atomic E-state index is -0.636. The van der Waals surface area contributed by atoms with E-state index in [9.17, 15) is 9.59 Å². The lowest BCUT2D eigenvalue weighted by molar-refractivity contribution is -0.150. The number of hydrogen-bond acceptors (Lipinski definition) is 4. The zero-order valence-electron chi connectivity index (χ0n) is 15.2. The number of nitrogens with one attached hydrogen (secondary N) is 1. The first-order valence-electron chi connectivity index (χ1n) is 9.16. The van der Waals surface area contributed by atoms with E-state index in [-0.39, 0.29) is 31.1 Å². The Morgan fingerprint density at radius 3 is 2.48 bits per heavy atom. The summed E-state index contributed by atoms with van der Waals surface area (Å²) in [5, 5.41) is 2.77. The van der Waals surface area contributed by atoms with Crippen LogP contribution in [0.1, 0.15) is 51.5 Å². The van der Waals surface area contributed by atoms with E-state index < -0.39 is 12.0 Å². The van der Waals surface area contributed by atoms with Crippen molar-refractivity contribution >= 4 is 11.9 Å². The van der Waals surface area contributed by atoms with Crippen LogP contribution in [0.3, 0.4) is 0 Å². The van der Waals surface area contributed by atoms with Crippen LogP contribution in [0.15, 0.2) is 30.3 Å². The SMILES string of the molecule is CC(C)C[C@H](NC(=O)COC1CCCC1)C(=O)OCc1ccccc1. The normalized spacial score (nSPS) is 16.0. The number of esters is 1. The smallest absolute Gasteiger partial charge is 0.328 e. The molecule has 1 saturated carbocycles. The van der Waals surface area contributed by atoms with Crippen LogP contribution in [0.4, 0.5) is 0 Å². The second-order valence-electron chi connectivity index (χ2n) is 7.06. The van der Waals surface area contributed by atoms with Crippen LogP contribution in [-0.4, -0.2) is 30.6 Å². The van der Waals surface area contributed by atoms with Gasteiger partial charge in [0.2, 0.25) is 5.91 Å². The Morgan fingerprint density at radius 2 is 1.84 bits per heavy atom. The number of carbonyl (C=O) groups is 2. The number of rotatable bonds is 9. The summed E-state index contributed by atoms with van der Waals surface area (Å²) in [5.41, 5.74) is 0.926. The highest BCUT2D eigenvalue weighted by Gasteiger charge is 2.24. The van der Waals surface area contributed by atoms with Crippen molar-refractivity contribution in [2.24, 2.45) is 5.92 Å². The highest BCUT2D eigenvalue weighted by Crippen LogP contribution is 2.20. The molecule has 1 aliphatic rings. The molecule has 0 heterocycles. The van der Waals surface area contributed by atoms with Gasteiger partial charge in [-0.15, -0.1) is 0 Å². The second-order valence-corrected chi connectivity index (χ2v) is 7.06. The van der Waals surface area contributed by atoms with E-state index in [4.69, 9.17) is 9.47 Å². The van der Waals surface area contributed by atoms with Crippen LogP contribution in [0.25, 0.3) is 0 Å². The summed E-state index contributed by atoms with van der Waals surface area (Å²) < 4.78 is 11.0. The Bertz CT molecular complexity index is 538. The van der Waals surface area contributed by atoms with Crippen LogP contribution in [-0.2, 0) is 25.7 Å². The predicted molar refractivity (Wildman–Crippen MR) is 95.8 cm³/mol. The van der Waals surface area contributed by atoms with Gasteiger partial charge >= 0.3 is 5.97 Å². The van der Waals surface area contributed by atoms with Crippen LogP contribution in [0.5, 0.6) is 0 Å². The zero-order valence-corrected chi connectivity index (χ0v) is 15.2. The molecule has 138 valence electrons. The van der Waals surface area contributed by atoms with E-state index in [0.717, 1.165) is 31.2 Å². The van der Waals surface area contributed by atoms with Gasteiger partial charge in [-0.2, -0.15) is 0 Å². The molecule has 1 aromatic carbocycles. The van der Waals surface area contributed by atoms with E-state index in [1.54, 1.807) is 0 Å². The Labute approximate surface area is 150 Å². The Balaban J connectivity index is 1.81. The number of benzene rings is 1. The van der Waals surface area contributed by atoms with Gasteiger partial charge in [0.1, 0.15) is 19.3 Å². The van der Waals surface area contributed by atoms with Crippen molar-refractivity contribution in [2.45, 2.75) is 64.7 Å². The lowest BCUT2D eigenvalue weighted by Crippen LogP contribution is -2.44. The number of carbonyl (C=O) groups excluding carboxylic acids is 2. The maximum Gasteiger partial charge on any atom is 0.328 e. The third-order valence-electron chi connectivity index (χ3n) is 4.30. The largest absolute Gasteiger partial charge is 0.459 e. The summed E-state index contributed by atoms with van der Waals surface area (Å²) in [6.07, 6.45) is 5.08. The molecule has 1 fully saturated rings. The minimum Gasteiger partial charge on any atom is -0.459 e. The molecule has 1 aromatic rings. The molecular formula is C20H29NO4. The van der Waals surface area contributed by atoms with Crippen molar-refractivity contribution in [1.82, 2.24) is 5.32 Å². The summed E-state index contributed by atoms with van der Waals surface area (Å²) in [6.45, 7) is 4.24. The lowest BCUT2D eigenvalue weighted by atomic mass is 10.0. The fraction of sp³-hybridized carbons (Fsp3) is 0.600. The molecule has 5 nitrogen and oxygen atoms in total. The van der Waals surface area contributed by atoms with Crippen LogP contribution in [0, 0.1) is 5.92 Å². The lowest BCUT2D eigenvalue weighted by Gasteiger charge is -2.20. The summed E-state index contributed by atoms with van der Waals surface area (Å²) in [7, 11) is 0. The van der Waals surface area contributed by atoms with Crippen molar-refractivity contribution in [1.29, 1.82) is 0 Å². The molecule has 0 aliphatic heterocycles. The van der Waals surface area contributed by atoms with Crippen molar-refractivity contribution in [3.63, 3.8) is 0 Å². The monoisotopic (exact) mass is 347 g/mol. The molecule has 25 heavy (non-hydrogen) atoms. The van der Waals surface area contributed by atoms with Gasteiger partial charge in [0, 0.05) is 0 Å². The Hall–Kier alpha value is -1.88. The van der Waals surface area contributed by atoms with Gasteiger partial charge in [-0.25, -0.2) is 4.79 Å². The molecule has 1 atom stereocenters.